The van der Waals surface area contributed by atoms with Crippen LogP contribution in [0.15, 0.2) is 48.5 Å². The Balaban J connectivity index is 2.42. The number of aromatic nitrogens is 1. The normalized spacial score (nSPS) is 10.7. The number of rotatable bonds is 3. The predicted molar refractivity (Wildman–Crippen MR) is 92.9 cm³/mol. The van der Waals surface area contributed by atoms with Gasteiger partial charge in [0, 0.05) is 10.9 Å². The molecule has 0 aliphatic rings. The molecule has 0 spiro atoms. The summed E-state index contributed by atoms with van der Waals surface area (Å²) in [4.78, 5) is 17.0. The first-order valence-corrected chi connectivity index (χ1v) is 7.82. The first-order chi connectivity index (χ1) is 11.1. The van der Waals surface area contributed by atoms with E-state index < -0.39 is 0 Å². The van der Waals surface area contributed by atoms with Crippen molar-refractivity contribution in [3.8, 4) is 11.1 Å². The zero-order valence-corrected chi connectivity index (χ0v) is 13.7. The monoisotopic (exact) mass is 325 g/mol. The van der Waals surface area contributed by atoms with Crippen molar-refractivity contribution in [1.29, 1.82) is 0 Å². The van der Waals surface area contributed by atoms with Crippen LogP contribution in [0.1, 0.15) is 23.0 Å². The number of para-hydroxylation sites is 1. The van der Waals surface area contributed by atoms with E-state index in [1.807, 2.05) is 49.4 Å². The van der Waals surface area contributed by atoms with E-state index >= 15 is 0 Å². The summed E-state index contributed by atoms with van der Waals surface area (Å²) in [6.45, 7) is 3.92. The van der Waals surface area contributed by atoms with Crippen molar-refractivity contribution in [1.82, 2.24) is 4.98 Å². The van der Waals surface area contributed by atoms with E-state index in [9.17, 15) is 4.79 Å². The van der Waals surface area contributed by atoms with Gasteiger partial charge in [0.25, 0.3) is 0 Å². The highest BCUT2D eigenvalue weighted by molar-refractivity contribution is 6.35. The maximum absolute atomic E-state index is 12.5. The van der Waals surface area contributed by atoms with Crippen LogP contribution in [-0.2, 0) is 4.74 Å². The van der Waals surface area contributed by atoms with E-state index in [4.69, 9.17) is 16.3 Å². The molecule has 0 amide bonds. The van der Waals surface area contributed by atoms with Crippen LogP contribution in [-0.4, -0.2) is 17.6 Å². The third-order valence-electron chi connectivity index (χ3n) is 3.69. The van der Waals surface area contributed by atoms with E-state index in [1.165, 1.54) is 0 Å². The van der Waals surface area contributed by atoms with Crippen LogP contribution in [0.25, 0.3) is 22.0 Å². The summed E-state index contributed by atoms with van der Waals surface area (Å²) >= 11 is 6.30. The Morgan fingerprint density at radius 3 is 2.57 bits per heavy atom. The van der Waals surface area contributed by atoms with Crippen LogP contribution in [0.2, 0.25) is 5.02 Å². The molecule has 0 aliphatic carbocycles. The smallest absolute Gasteiger partial charge is 0.340 e. The van der Waals surface area contributed by atoms with Gasteiger partial charge in [0.2, 0.25) is 0 Å². The van der Waals surface area contributed by atoms with Crippen LogP contribution in [0.4, 0.5) is 0 Å². The molecule has 0 saturated carbocycles. The predicted octanol–water partition coefficient (Wildman–Crippen LogP) is 5.04. The molecule has 0 radical (unpaired) electrons. The topological polar surface area (TPSA) is 39.2 Å². The Morgan fingerprint density at radius 1 is 1.13 bits per heavy atom. The van der Waals surface area contributed by atoms with E-state index in [1.54, 1.807) is 13.0 Å². The van der Waals surface area contributed by atoms with Crippen molar-refractivity contribution < 1.29 is 9.53 Å². The van der Waals surface area contributed by atoms with Gasteiger partial charge in [0.05, 0.1) is 28.4 Å². The van der Waals surface area contributed by atoms with Gasteiger partial charge in [0.15, 0.2) is 0 Å². The zero-order valence-electron chi connectivity index (χ0n) is 13.0. The van der Waals surface area contributed by atoms with Gasteiger partial charge in [-0.25, -0.2) is 4.79 Å². The van der Waals surface area contributed by atoms with Gasteiger partial charge in [-0.3, -0.25) is 4.98 Å². The van der Waals surface area contributed by atoms with Crippen LogP contribution in [0.3, 0.4) is 0 Å². The largest absolute Gasteiger partial charge is 0.462 e. The Kier molecular flexibility index (Phi) is 4.30. The molecule has 0 aliphatic heterocycles. The highest BCUT2D eigenvalue weighted by Gasteiger charge is 2.22. The molecule has 4 heteroatoms. The van der Waals surface area contributed by atoms with Crippen molar-refractivity contribution in [2.45, 2.75) is 13.8 Å². The molecule has 0 fully saturated rings. The molecular weight excluding hydrogens is 310 g/mol. The van der Waals surface area contributed by atoms with Crippen molar-refractivity contribution in [2.24, 2.45) is 0 Å². The highest BCUT2D eigenvalue weighted by atomic mass is 35.5. The lowest BCUT2D eigenvalue weighted by molar-refractivity contribution is 0.0526. The summed E-state index contributed by atoms with van der Waals surface area (Å²) in [5.74, 6) is -0.363. The molecule has 1 heterocycles. The second-order valence-corrected chi connectivity index (χ2v) is 5.58. The van der Waals surface area contributed by atoms with Gasteiger partial charge in [-0.1, -0.05) is 54.1 Å². The summed E-state index contributed by atoms with van der Waals surface area (Å²) in [5, 5.41) is 1.41. The first kappa shape index (κ1) is 15.5. The molecule has 116 valence electrons. The second-order valence-electron chi connectivity index (χ2n) is 5.17. The van der Waals surface area contributed by atoms with Crippen LogP contribution in [0.5, 0.6) is 0 Å². The van der Waals surface area contributed by atoms with Gasteiger partial charge in [0.1, 0.15) is 0 Å². The summed E-state index contributed by atoms with van der Waals surface area (Å²) in [7, 11) is 0. The lowest BCUT2D eigenvalue weighted by Crippen LogP contribution is -2.10. The van der Waals surface area contributed by atoms with E-state index in [2.05, 4.69) is 4.98 Å². The minimum Gasteiger partial charge on any atom is -0.462 e. The minimum absolute atomic E-state index is 0.320. The number of esters is 1. The maximum atomic E-state index is 12.5. The van der Waals surface area contributed by atoms with Gasteiger partial charge >= 0.3 is 5.97 Å². The van der Waals surface area contributed by atoms with Gasteiger partial charge in [-0.2, -0.15) is 0 Å². The average Bonchev–Trinajstić information content (AvgIpc) is 2.55. The molecule has 3 aromatic rings. The number of carbonyl (C=O) groups excluding carboxylic acids is 1. The van der Waals surface area contributed by atoms with Crippen LogP contribution in [0, 0.1) is 6.92 Å². The Bertz CT molecular complexity index is 875. The van der Waals surface area contributed by atoms with E-state index in [0.717, 1.165) is 16.5 Å². The van der Waals surface area contributed by atoms with Crippen molar-refractivity contribution in [3.05, 3.63) is 64.8 Å². The molecular formula is C19H16ClNO2. The fourth-order valence-electron chi connectivity index (χ4n) is 2.73. The summed E-state index contributed by atoms with van der Waals surface area (Å²) in [5.41, 5.74) is 3.55. The van der Waals surface area contributed by atoms with Gasteiger partial charge in [-0.15, -0.1) is 0 Å². The average molecular weight is 326 g/mol. The molecule has 3 nitrogen and oxygen atoms in total. The Hall–Kier alpha value is -2.39. The Morgan fingerprint density at radius 2 is 1.87 bits per heavy atom. The molecule has 23 heavy (non-hydrogen) atoms. The SMILES string of the molecule is CCOC(=O)c1c(C)nc2c(Cl)cccc2c1-c1ccccc1. The molecule has 1 aromatic heterocycles. The number of nitrogens with zero attached hydrogens (tertiary/aromatic N) is 1. The Labute approximate surface area is 139 Å². The van der Waals surface area contributed by atoms with Crippen molar-refractivity contribution >= 4 is 28.5 Å². The number of hydrogen-bond acceptors (Lipinski definition) is 3. The lowest BCUT2D eigenvalue weighted by atomic mass is 9.94. The van der Waals surface area contributed by atoms with E-state index in [0.29, 0.717) is 28.4 Å². The lowest BCUT2D eigenvalue weighted by Gasteiger charge is -2.15. The zero-order chi connectivity index (χ0) is 16.4. The summed E-state index contributed by atoms with van der Waals surface area (Å²) < 4.78 is 5.24. The second kappa shape index (κ2) is 6.39. The first-order valence-electron chi connectivity index (χ1n) is 7.44. The van der Waals surface area contributed by atoms with Crippen LogP contribution < -0.4 is 0 Å². The number of ether oxygens (including phenoxy) is 1. The fourth-order valence-corrected chi connectivity index (χ4v) is 2.94. The summed E-state index contributed by atoms with van der Waals surface area (Å²) in [6, 6.07) is 15.4. The minimum atomic E-state index is -0.363. The fraction of sp³-hybridized carbons (Fsp3) is 0.158. The molecule has 2 aromatic carbocycles. The summed E-state index contributed by atoms with van der Waals surface area (Å²) in [6.07, 6.45) is 0. The van der Waals surface area contributed by atoms with Crippen LogP contribution >= 0.6 is 11.6 Å². The van der Waals surface area contributed by atoms with Gasteiger partial charge in [-0.05, 0) is 25.5 Å². The quantitative estimate of drug-likeness (QED) is 0.633. The molecule has 0 unspecified atom stereocenters. The number of benzene rings is 2. The molecule has 0 atom stereocenters. The standard InChI is InChI=1S/C19H16ClNO2/c1-3-23-19(22)16-12(2)21-18-14(10-7-11-15(18)20)17(16)13-8-5-4-6-9-13/h4-11H,3H2,1-2H3. The number of pyridine rings is 1. The molecule has 0 bridgehead atoms. The number of halogens is 1. The van der Waals surface area contributed by atoms with Crippen molar-refractivity contribution in [3.63, 3.8) is 0 Å². The van der Waals surface area contributed by atoms with Gasteiger partial charge < -0.3 is 4.74 Å². The number of fused-ring (bicyclic) bond motifs is 1. The number of aryl methyl sites for hydroxylation is 1. The molecule has 3 rings (SSSR count). The van der Waals surface area contributed by atoms with E-state index in [-0.39, 0.29) is 5.97 Å². The highest BCUT2D eigenvalue weighted by Crippen LogP contribution is 2.35. The molecule has 0 N–H and O–H groups in total. The molecule has 0 saturated heterocycles. The third kappa shape index (κ3) is 2.80. The number of carbonyl (C=O) groups is 1. The third-order valence-corrected chi connectivity index (χ3v) is 3.99. The maximum Gasteiger partial charge on any atom is 0.340 e. The number of hydrogen-bond donors (Lipinski definition) is 0. The van der Waals surface area contributed by atoms with Crippen molar-refractivity contribution in [2.75, 3.05) is 6.61 Å².